The smallest absolute Gasteiger partial charge is 0.161 e. The number of hydrogen-bond donors (Lipinski definition) is 2. The molecule has 22 heavy (non-hydrogen) atoms. The normalized spacial score (nSPS) is 10.5. The van der Waals surface area contributed by atoms with Crippen molar-refractivity contribution in [2.75, 3.05) is 12.8 Å². The van der Waals surface area contributed by atoms with Crippen molar-refractivity contribution in [2.24, 2.45) is 0 Å². The minimum atomic E-state index is -0.0686. The fraction of sp³-hybridized carbons (Fsp3) is 0.250. The molecule has 0 unspecified atom stereocenters. The Hall–Kier alpha value is -2.45. The molecule has 0 aliphatic heterocycles. The molecular formula is C16H16ClN3O2. The number of nitrogens with zero attached hydrogens (tertiary/aromatic N) is 2. The Morgan fingerprint density at radius 1 is 1.32 bits per heavy atom. The first-order chi connectivity index (χ1) is 10.4. The van der Waals surface area contributed by atoms with Gasteiger partial charge in [0, 0.05) is 22.9 Å². The van der Waals surface area contributed by atoms with Crippen molar-refractivity contribution in [3.05, 3.63) is 34.5 Å². The summed E-state index contributed by atoms with van der Waals surface area (Å²) in [6.07, 6.45) is 0. The van der Waals surface area contributed by atoms with Crippen LogP contribution < -0.4 is 10.5 Å². The predicted molar refractivity (Wildman–Crippen MR) is 86.1 cm³/mol. The minimum Gasteiger partial charge on any atom is -0.504 e. The molecule has 0 spiro atoms. The quantitative estimate of drug-likeness (QED) is 0.900. The lowest BCUT2D eigenvalue weighted by Gasteiger charge is -2.14. The van der Waals surface area contributed by atoms with Gasteiger partial charge in [-0.3, -0.25) is 0 Å². The number of pyridine rings is 1. The van der Waals surface area contributed by atoms with Crippen molar-refractivity contribution >= 4 is 17.4 Å². The van der Waals surface area contributed by atoms with E-state index in [-0.39, 0.29) is 28.8 Å². The van der Waals surface area contributed by atoms with Gasteiger partial charge in [0.05, 0.1) is 12.1 Å². The van der Waals surface area contributed by atoms with E-state index < -0.39 is 0 Å². The Morgan fingerprint density at radius 3 is 2.55 bits per heavy atom. The second kappa shape index (κ2) is 6.12. The van der Waals surface area contributed by atoms with E-state index in [0.29, 0.717) is 16.1 Å². The largest absolute Gasteiger partial charge is 0.504 e. The SMILES string of the molecule is COc1cc(-c2cc(C(C)C)nc(N)c2C#N)c(Cl)cc1O. The van der Waals surface area contributed by atoms with Crippen LogP contribution in [0.25, 0.3) is 11.1 Å². The van der Waals surface area contributed by atoms with Gasteiger partial charge in [0.15, 0.2) is 11.5 Å². The van der Waals surface area contributed by atoms with E-state index in [9.17, 15) is 10.4 Å². The number of rotatable bonds is 3. The molecule has 114 valence electrons. The van der Waals surface area contributed by atoms with Gasteiger partial charge in [-0.1, -0.05) is 25.4 Å². The van der Waals surface area contributed by atoms with Crippen molar-refractivity contribution in [1.82, 2.24) is 4.98 Å². The van der Waals surface area contributed by atoms with Gasteiger partial charge in [-0.2, -0.15) is 5.26 Å². The predicted octanol–water partition coefficient (Wildman–Crippen LogP) is 3.69. The number of phenolic OH excluding ortho intramolecular Hbond substituents is 1. The van der Waals surface area contributed by atoms with E-state index in [2.05, 4.69) is 11.1 Å². The maximum absolute atomic E-state index is 9.78. The average Bonchev–Trinajstić information content (AvgIpc) is 2.46. The molecular weight excluding hydrogens is 302 g/mol. The van der Waals surface area contributed by atoms with Crippen molar-refractivity contribution < 1.29 is 9.84 Å². The Kier molecular flexibility index (Phi) is 4.43. The van der Waals surface area contributed by atoms with Crippen LogP contribution in [0.15, 0.2) is 18.2 Å². The molecule has 2 aromatic rings. The topological polar surface area (TPSA) is 92.2 Å². The van der Waals surface area contributed by atoms with Gasteiger partial charge >= 0.3 is 0 Å². The summed E-state index contributed by atoms with van der Waals surface area (Å²) in [5.41, 5.74) is 8.04. The number of anilines is 1. The fourth-order valence-electron chi connectivity index (χ4n) is 2.12. The number of hydrogen-bond acceptors (Lipinski definition) is 5. The summed E-state index contributed by atoms with van der Waals surface area (Å²) in [7, 11) is 1.44. The first-order valence-corrected chi connectivity index (χ1v) is 7.04. The Labute approximate surface area is 133 Å². The summed E-state index contributed by atoms with van der Waals surface area (Å²) in [6.45, 7) is 3.97. The van der Waals surface area contributed by atoms with Gasteiger partial charge in [0.25, 0.3) is 0 Å². The van der Waals surface area contributed by atoms with Gasteiger partial charge < -0.3 is 15.6 Å². The third-order valence-corrected chi connectivity index (χ3v) is 3.64. The number of methoxy groups -OCH3 is 1. The summed E-state index contributed by atoms with van der Waals surface area (Å²) in [6, 6.07) is 6.81. The first kappa shape index (κ1) is 15.9. The molecule has 5 nitrogen and oxygen atoms in total. The van der Waals surface area contributed by atoms with Gasteiger partial charge in [-0.15, -0.1) is 0 Å². The van der Waals surface area contributed by atoms with E-state index in [4.69, 9.17) is 22.1 Å². The number of ether oxygens (including phenoxy) is 1. The van der Waals surface area contributed by atoms with Crippen LogP contribution >= 0.6 is 11.6 Å². The van der Waals surface area contributed by atoms with Crippen molar-refractivity contribution in [2.45, 2.75) is 19.8 Å². The molecule has 0 aliphatic carbocycles. The standard InChI is InChI=1S/C16H16ClN3O2/c1-8(2)13-4-9(11(7-18)16(19)20-13)10-5-15(22-3)14(21)6-12(10)17/h4-6,8,21H,1-3H3,(H2,19,20). The van der Waals surface area contributed by atoms with E-state index in [1.165, 1.54) is 13.2 Å². The van der Waals surface area contributed by atoms with Crippen molar-refractivity contribution in [3.8, 4) is 28.7 Å². The molecule has 3 N–H and O–H groups in total. The number of nitrogens with two attached hydrogens (primary N) is 1. The molecule has 0 saturated carbocycles. The average molecular weight is 318 g/mol. The van der Waals surface area contributed by atoms with E-state index >= 15 is 0 Å². The highest BCUT2D eigenvalue weighted by Crippen LogP contribution is 2.40. The summed E-state index contributed by atoms with van der Waals surface area (Å²) < 4.78 is 5.11. The van der Waals surface area contributed by atoms with Crippen LogP contribution in [0.1, 0.15) is 31.0 Å². The second-order valence-corrected chi connectivity index (χ2v) is 5.53. The molecule has 0 atom stereocenters. The Bertz CT molecular complexity index is 767. The molecule has 0 amide bonds. The number of aromatic hydroxyl groups is 1. The Morgan fingerprint density at radius 2 is 2.00 bits per heavy atom. The van der Waals surface area contributed by atoms with Crippen LogP contribution in [0.2, 0.25) is 5.02 Å². The van der Waals surface area contributed by atoms with Gasteiger partial charge in [0.1, 0.15) is 17.5 Å². The number of phenols is 1. The van der Waals surface area contributed by atoms with E-state index in [1.807, 2.05) is 13.8 Å². The third-order valence-electron chi connectivity index (χ3n) is 3.33. The highest BCUT2D eigenvalue weighted by atomic mass is 35.5. The lowest BCUT2D eigenvalue weighted by Crippen LogP contribution is -2.03. The molecule has 0 saturated heterocycles. The van der Waals surface area contributed by atoms with Crippen LogP contribution in [-0.4, -0.2) is 17.2 Å². The van der Waals surface area contributed by atoms with Crippen LogP contribution in [0.4, 0.5) is 5.82 Å². The van der Waals surface area contributed by atoms with Crippen LogP contribution in [0, 0.1) is 11.3 Å². The number of aromatic nitrogens is 1. The second-order valence-electron chi connectivity index (χ2n) is 5.13. The van der Waals surface area contributed by atoms with E-state index in [1.54, 1.807) is 12.1 Å². The third kappa shape index (κ3) is 2.78. The summed E-state index contributed by atoms with van der Waals surface area (Å²) in [4.78, 5) is 4.25. The fourth-order valence-corrected chi connectivity index (χ4v) is 2.38. The molecule has 0 aliphatic rings. The molecule has 0 radical (unpaired) electrons. The summed E-state index contributed by atoms with van der Waals surface area (Å²) in [5.74, 6) is 0.504. The highest BCUT2D eigenvalue weighted by Gasteiger charge is 2.18. The molecule has 0 fully saturated rings. The number of nitriles is 1. The monoisotopic (exact) mass is 317 g/mol. The molecule has 1 aromatic carbocycles. The van der Waals surface area contributed by atoms with Crippen LogP contribution in [0.3, 0.4) is 0 Å². The molecule has 0 bridgehead atoms. The first-order valence-electron chi connectivity index (χ1n) is 6.66. The minimum absolute atomic E-state index is 0.0686. The van der Waals surface area contributed by atoms with E-state index in [0.717, 1.165) is 5.69 Å². The van der Waals surface area contributed by atoms with Crippen molar-refractivity contribution in [1.29, 1.82) is 5.26 Å². The maximum atomic E-state index is 9.78. The number of halogens is 1. The molecule has 1 heterocycles. The molecule has 6 heteroatoms. The van der Waals surface area contributed by atoms with Crippen LogP contribution in [0.5, 0.6) is 11.5 Å². The molecule has 1 aromatic heterocycles. The maximum Gasteiger partial charge on any atom is 0.161 e. The van der Waals surface area contributed by atoms with Gasteiger partial charge in [0.2, 0.25) is 0 Å². The zero-order valence-electron chi connectivity index (χ0n) is 12.5. The highest BCUT2D eigenvalue weighted by molar-refractivity contribution is 6.33. The van der Waals surface area contributed by atoms with Gasteiger partial charge in [-0.05, 0) is 18.1 Å². The zero-order chi connectivity index (χ0) is 16.4. The van der Waals surface area contributed by atoms with Gasteiger partial charge in [-0.25, -0.2) is 4.98 Å². The molecule has 2 rings (SSSR count). The zero-order valence-corrected chi connectivity index (χ0v) is 13.3. The number of benzene rings is 1. The van der Waals surface area contributed by atoms with Crippen molar-refractivity contribution in [3.63, 3.8) is 0 Å². The van der Waals surface area contributed by atoms with Crippen LogP contribution in [-0.2, 0) is 0 Å². The lowest BCUT2D eigenvalue weighted by molar-refractivity contribution is 0.373. The Balaban J connectivity index is 2.79. The summed E-state index contributed by atoms with van der Waals surface area (Å²) >= 11 is 6.22. The lowest BCUT2D eigenvalue weighted by atomic mass is 9.97. The number of nitrogen functional groups attached to an aromatic ring is 1. The summed E-state index contributed by atoms with van der Waals surface area (Å²) in [5, 5.41) is 19.4.